The number of rotatable bonds is 3. The largest absolute Gasteiger partial charge is 0.479 e. The molecule has 0 spiro atoms. The minimum absolute atomic E-state index is 0.0280. The van der Waals surface area contributed by atoms with E-state index in [1.54, 1.807) is 26.2 Å². The van der Waals surface area contributed by atoms with Gasteiger partial charge in [0.25, 0.3) is 15.9 Å². The highest BCUT2D eigenvalue weighted by molar-refractivity contribution is 7.92. The lowest BCUT2D eigenvalue weighted by Gasteiger charge is -2.23. The summed E-state index contributed by atoms with van der Waals surface area (Å²) in [5.41, 5.74) is 0.444. The van der Waals surface area contributed by atoms with Crippen molar-refractivity contribution in [3.05, 3.63) is 30.5 Å². The minimum Gasteiger partial charge on any atom is -0.479 e. The number of carbonyl (C=O) groups is 1. The second-order valence-corrected chi connectivity index (χ2v) is 6.57. The maximum Gasteiger partial charge on any atom is 0.265 e. The van der Waals surface area contributed by atoms with Gasteiger partial charge in [0.1, 0.15) is 5.75 Å². The van der Waals surface area contributed by atoms with Crippen molar-refractivity contribution < 1.29 is 17.9 Å². The number of nitrogens with zero attached hydrogens (tertiary/aromatic N) is 2. The molecule has 2 N–H and O–H groups in total. The van der Waals surface area contributed by atoms with Gasteiger partial charge in [-0.3, -0.25) is 14.2 Å². The van der Waals surface area contributed by atoms with Gasteiger partial charge in [-0.15, -0.1) is 0 Å². The molecule has 0 aliphatic carbocycles. The van der Waals surface area contributed by atoms with Crippen molar-refractivity contribution in [3.63, 3.8) is 0 Å². The molecule has 0 radical (unpaired) electrons. The summed E-state index contributed by atoms with van der Waals surface area (Å²) in [4.78, 5) is 11.5. The van der Waals surface area contributed by atoms with Gasteiger partial charge in [0.05, 0.1) is 10.6 Å². The molecule has 1 aliphatic heterocycles. The van der Waals surface area contributed by atoms with Crippen LogP contribution in [0.4, 0.5) is 11.5 Å². The van der Waals surface area contributed by atoms with E-state index in [2.05, 4.69) is 15.1 Å². The summed E-state index contributed by atoms with van der Waals surface area (Å²) in [6, 6.07) is 5.81. The highest BCUT2D eigenvalue weighted by atomic mass is 32.2. The van der Waals surface area contributed by atoms with Gasteiger partial charge in [0.2, 0.25) is 0 Å². The van der Waals surface area contributed by atoms with E-state index in [1.165, 1.54) is 22.9 Å². The average Bonchev–Trinajstić information content (AvgIpc) is 2.84. The first-order valence-corrected chi connectivity index (χ1v) is 7.97. The fourth-order valence-electron chi connectivity index (χ4n) is 2.02. The van der Waals surface area contributed by atoms with Gasteiger partial charge < -0.3 is 10.1 Å². The second-order valence-electron chi connectivity index (χ2n) is 4.89. The van der Waals surface area contributed by atoms with Crippen molar-refractivity contribution >= 4 is 27.4 Å². The van der Waals surface area contributed by atoms with Crippen LogP contribution < -0.4 is 14.8 Å². The molecule has 8 nitrogen and oxygen atoms in total. The predicted octanol–water partition coefficient (Wildman–Crippen LogP) is 0.940. The predicted molar refractivity (Wildman–Crippen MR) is 79.2 cm³/mol. The number of nitrogens with one attached hydrogen (secondary N) is 2. The first-order valence-electron chi connectivity index (χ1n) is 6.49. The first-order chi connectivity index (χ1) is 10.3. The summed E-state index contributed by atoms with van der Waals surface area (Å²) in [6.07, 6.45) is 0.958. The molecular weight excluding hydrogens is 308 g/mol. The number of fused-ring (bicyclic) bond motifs is 1. The zero-order valence-corrected chi connectivity index (χ0v) is 12.7. The Hall–Kier alpha value is -2.55. The Bertz CT molecular complexity index is 843. The summed E-state index contributed by atoms with van der Waals surface area (Å²) in [5, 5.41) is 6.62. The number of carbonyl (C=O) groups excluding carboxylic acids is 1. The molecule has 1 aliphatic rings. The Morgan fingerprint density at radius 2 is 2.14 bits per heavy atom. The fourth-order valence-corrected chi connectivity index (χ4v) is 3.03. The average molecular weight is 322 g/mol. The van der Waals surface area contributed by atoms with Crippen molar-refractivity contribution in [2.75, 3.05) is 10.0 Å². The maximum absolute atomic E-state index is 12.3. The first kappa shape index (κ1) is 14.4. The lowest BCUT2D eigenvalue weighted by molar-refractivity contribution is -0.122. The number of sulfonamides is 1. The molecule has 1 aromatic carbocycles. The molecular formula is C13H14N4O4S. The smallest absolute Gasteiger partial charge is 0.265 e. The van der Waals surface area contributed by atoms with Gasteiger partial charge in [0, 0.05) is 25.4 Å². The van der Waals surface area contributed by atoms with Gasteiger partial charge in [0.15, 0.2) is 11.9 Å². The Balaban J connectivity index is 1.92. The van der Waals surface area contributed by atoms with Crippen LogP contribution in [0.1, 0.15) is 6.92 Å². The number of aryl methyl sites for hydroxylation is 1. The van der Waals surface area contributed by atoms with Gasteiger partial charge in [-0.2, -0.15) is 5.10 Å². The quantitative estimate of drug-likeness (QED) is 0.875. The Morgan fingerprint density at radius 3 is 2.82 bits per heavy atom. The Kier molecular flexibility index (Phi) is 3.28. The molecule has 22 heavy (non-hydrogen) atoms. The van der Waals surface area contributed by atoms with Crippen LogP contribution in [0.2, 0.25) is 0 Å². The van der Waals surface area contributed by atoms with Gasteiger partial charge in [-0.1, -0.05) is 0 Å². The second kappa shape index (κ2) is 5.02. The minimum atomic E-state index is -3.78. The monoisotopic (exact) mass is 322 g/mol. The highest BCUT2D eigenvalue weighted by Crippen LogP contribution is 2.32. The molecule has 1 atom stereocenters. The summed E-state index contributed by atoms with van der Waals surface area (Å²) >= 11 is 0. The zero-order chi connectivity index (χ0) is 15.9. The Morgan fingerprint density at radius 1 is 1.36 bits per heavy atom. The summed E-state index contributed by atoms with van der Waals surface area (Å²) in [6.45, 7) is 1.59. The third kappa shape index (κ3) is 2.62. The molecule has 0 saturated carbocycles. The van der Waals surface area contributed by atoms with Gasteiger partial charge >= 0.3 is 0 Å². The SMILES string of the molecule is C[C@@H]1Oc2cc(S(=O)(=O)Nc3ccn(C)n3)ccc2NC1=O. The summed E-state index contributed by atoms with van der Waals surface area (Å²) in [7, 11) is -2.09. The number of anilines is 2. The van der Waals surface area contributed by atoms with E-state index in [-0.39, 0.29) is 16.6 Å². The lowest BCUT2D eigenvalue weighted by Crippen LogP contribution is -2.34. The van der Waals surface area contributed by atoms with Crippen molar-refractivity contribution in [2.24, 2.45) is 7.05 Å². The zero-order valence-electron chi connectivity index (χ0n) is 11.9. The number of aromatic nitrogens is 2. The number of ether oxygens (including phenoxy) is 1. The Labute approximate surface area is 127 Å². The molecule has 1 aromatic heterocycles. The van der Waals surface area contributed by atoms with E-state index < -0.39 is 16.1 Å². The van der Waals surface area contributed by atoms with Crippen molar-refractivity contribution in [3.8, 4) is 5.75 Å². The molecule has 9 heteroatoms. The molecule has 2 heterocycles. The van der Waals surface area contributed by atoms with Crippen molar-refractivity contribution in [1.29, 1.82) is 0 Å². The number of benzene rings is 1. The van der Waals surface area contributed by atoms with E-state index in [4.69, 9.17) is 4.74 Å². The molecule has 1 amide bonds. The molecule has 116 valence electrons. The number of hydrogen-bond donors (Lipinski definition) is 2. The summed E-state index contributed by atoms with van der Waals surface area (Å²) in [5.74, 6) is 0.272. The maximum atomic E-state index is 12.3. The van der Waals surface area contributed by atoms with E-state index in [1.807, 2.05) is 0 Å². The van der Waals surface area contributed by atoms with Crippen molar-refractivity contribution in [1.82, 2.24) is 9.78 Å². The molecule has 0 bridgehead atoms. The molecule has 2 aromatic rings. The van der Waals surface area contributed by atoms with Gasteiger partial charge in [-0.25, -0.2) is 8.42 Å². The lowest BCUT2D eigenvalue weighted by atomic mass is 10.2. The van der Waals surface area contributed by atoms with Crippen LogP contribution in [0.5, 0.6) is 5.75 Å². The topological polar surface area (TPSA) is 102 Å². The molecule has 0 fully saturated rings. The van der Waals surface area contributed by atoms with Crippen LogP contribution in [0.3, 0.4) is 0 Å². The fraction of sp³-hybridized carbons (Fsp3) is 0.231. The molecule has 0 unspecified atom stereocenters. The highest BCUT2D eigenvalue weighted by Gasteiger charge is 2.25. The third-order valence-corrected chi connectivity index (χ3v) is 4.50. The van der Waals surface area contributed by atoms with Crippen LogP contribution in [-0.4, -0.2) is 30.2 Å². The van der Waals surface area contributed by atoms with E-state index in [9.17, 15) is 13.2 Å². The van der Waals surface area contributed by atoms with Crippen LogP contribution in [-0.2, 0) is 21.9 Å². The van der Waals surface area contributed by atoms with E-state index >= 15 is 0 Å². The van der Waals surface area contributed by atoms with Gasteiger partial charge in [-0.05, 0) is 19.1 Å². The normalized spacial score (nSPS) is 17.4. The summed E-state index contributed by atoms with van der Waals surface area (Å²) < 4.78 is 34.0. The number of hydrogen-bond acceptors (Lipinski definition) is 5. The number of amides is 1. The van der Waals surface area contributed by atoms with E-state index in [0.29, 0.717) is 11.4 Å². The van der Waals surface area contributed by atoms with Crippen LogP contribution >= 0.6 is 0 Å². The molecule has 3 rings (SSSR count). The van der Waals surface area contributed by atoms with Crippen LogP contribution in [0.25, 0.3) is 0 Å². The van der Waals surface area contributed by atoms with Crippen LogP contribution in [0, 0.1) is 0 Å². The third-order valence-electron chi connectivity index (χ3n) is 3.15. The van der Waals surface area contributed by atoms with E-state index in [0.717, 1.165) is 0 Å². The standard InChI is InChI=1S/C13H14N4O4S/c1-8-13(18)14-10-4-3-9(7-11(10)21-8)22(19,20)16-12-5-6-17(2)15-12/h3-8H,1-2H3,(H,14,18)(H,15,16)/t8-/m0/s1. The molecule has 0 saturated heterocycles. The van der Waals surface area contributed by atoms with Crippen molar-refractivity contribution in [2.45, 2.75) is 17.9 Å². The van der Waals surface area contributed by atoms with Crippen LogP contribution in [0.15, 0.2) is 35.4 Å².